The molecule has 0 saturated carbocycles. The van der Waals surface area contributed by atoms with Gasteiger partial charge >= 0.3 is 0 Å². The van der Waals surface area contributed by atoms with Gasteiger partial charge in [-0.05, 0) is 185 Å². The van der Waals surface area contributed by atoms with Crippen LogP contribution in [-0.4, -0.2) is 0 Å². The van der Waals surface area contributed by atoms with Crippen molar-refractivity contribution in [2.24, 2.45) is 0 Å². The van der Waals surface area contributed by atoms with E-state index >= 15 is 0 Å². The van der Waals surface area contributed by atoms with E-state index in [-0.39, 0.29) is 0 Å². The third kappa shape index (κ3) is 8.74. The summed E-state index contributed by atoms with van der Waals surface area (Å²) in [7, 11) is 0. The fourth-order valence-corrected chi connectivity index (χ4v) is 12.2. The van der Waals surface area contributed by atoms with Gasteiger partial charge in [-0.15, -0.1) is 0 Å². The molecule has 0 saturated heterocycles. The minimum Gasteiger partial charge on any atom is -0.310 e. The number of rotatable bonds is 11. The van der Waals surface area contributed by atoms with Gasteiger partial charge in [0.1, 0.15) is 0 Å². The van der Waals surface area contributed by atoms with Gasteiger partial charge in [0, 0.05) is 33.9 Å². The number of hydrogen-bond donors (Lipinski definition) is 0. The summed E-state index contributed by atoms with van der Waals surface area (Å²) in [5.74, 6) is 0. The van der Waals surface area contributed by atoms with Gasteiger partial charge in [0.15, 0.2) is 0 Å². The van der Waals surface area contributed by atoms with E-state index in [1.54, 1.807) is 0 Å². The first kappa shape index (κ1) is 48.1. The normalized spacial score (nSPS) is 11.4. The third-order valence-corrected chi connectivity index (χ3v) is 16.1. The van der Waals surface area contributed by atoms with Crippen LogP contribution >= 0.6 is 0 Å². The average Bonchev–Trinajstić information content (AvgIpc) is 3.53. The molecule has 0 aliphatic carbocycles. The molecule has 80 heavy (non-hydrogen) atoms. The van der Waals surface area contributed by atoms with Crippen molar-refractivity contribution >= 4 is 77.2 Å². The Labute approximate surface area is 468 Å². The minimum absolute atomic E-state index is 1.09. The van der Waals surface area contributed by atoms with Crippen molar-refractivity contribution < 1.29 is 0 Å². The molecule has 14 rings (SSSR count). The molecule has 14 aromatic carbocycles. The highest BCUT2D eigenvalue weighted by Gasteiger charge is 2.23. The van der Waals surface area contributed by atoms with Crippen LogP contribution in [0.4, 0.5) is 34.1 Å². The molecule has 0 aliphatic heterocycles. The molecule has 378 valence electrons. The summed E-state index contributed by atoms with van der Waals surface area (Å²) in [6.45, 7) is 4.50. The fraction of sp³-hybridized carbons (Fsp3) is 0.0256. The lowest BCUT2D eigenvalue weighted by Gasteiger charge is -2.30. The predicted octanol–water partition coefficient (Wildman–Crippen LogP) is 22.2. The summed E-state index contributed by atoms with van der Waals surface area (Å²) >= 11 is 0. The van der Waals surface area contributed by atoms with Gasteiger partial charge in [0.05, 0.1) is 11.4 Å². The van der Waals surface area contributed by atoms with Gasteiger partial charge in [-0.3, -0.25) is 0 Å². The van der Waals surface area contributed by atoms with Crippen molar-refractivity contribution in [2.45, 2.75) is 13.8 Å². The molecule has 0 amide bonds. The van der Waals surface area contributed by atoms with Gasteiger partial charge in [-0.1, -0.05) is 231 Å². The number of benzene rings is 14. The molecule has 2 heteroatoms. The van der Waals surface area contributed by atoms with Gasteiger partial charge in [0.2, 0.25) is 0 Å². The maximum absolute atomic E-state index is 2.44. The summed E-state index contributed by atoms with van der Waals surface area (Å²) in [4.78, 5) is 4.88. The first-order chi connectivity index (χ1) is 39.5. The summed E-state index contributed by atoms with van der Waals surface area (Å²) in [5.41, 5.74) is 20.9. The van der Waals surface area contributed by atoms with Gasteiger partial charge in [-0.25, -0.2) is 0 Å². The predicted molar refractivity (Wildman–Crippen MR) is 342 cm³/mol. The lowest BCUT2D eigenvalue weighted by atomic mass is 9.93. The summed E-state index contributed by atoms with van der Waals surface area (Å²) in [5, 5.41) is 10.1. The van der Waals surface area contributed by atoms with E-state index in [1.165, 1.54) is 110 Å². The van der Waals surface area contributed by atoms with Gasteiger partial charge < -0.3 is 9.80 Å². The second kappa shape index (κ2) is 20.6. The van der Waals surface area contributed by atoms with Crippen LogP contribution in [0.3, 0.4) is 0 Å². The topological polar surface area (TPSA) is 6.48 Å². The number of hydrogen-bond acceptors (Lipinski definition) is 2. The van der Waals surface area contributed by atoms with E-state index in [0.717, 1.165) is 34.1 Å². The molecule has 0 spiro atoms. The van der Waals surface area contributed by atoms with Crippen LogP contribution in [0.2, 0.25) is 0 Å². The van der Waals surface area contributed by atoms with Crippen LogP contribution < -0.4 is 9.80 Å². The van der Waals surface area contributed by atoms with E-state index in [1.807, 2.05) is 0 Å². The number of nitrogens with zero attached hydrogens (tertiary/aromatic N) is 2. The molecule has 0 unspecified atom stereocenters. The molecule has 0 bridgehead atoms. The smallest absolute Gasteiger partial charge is 0.0540 e. The second-order valence-electron chi connectivity index (χ2n) is 20.9. The Balaban J connectivity index is 0.852. The first-order valence-corrected chi connectivity index (χ1v) is 27.7. The lowest BCUT2D eigenvalue weighted by molar-refractivity contribution is 1.24. The van der Waals surface area contributed by atoms with Crippen molar-refractivity contribution in [1.82, 2.24) is 0 Å². The summed E-state index contributed by atoms with van der Waals surface area (Å²) < 4.78 is 0. The summed E-state index contributed by atoms with van der Waals surface area (Å²) in [6, 6.07) is 111. The minimum atomic E-state index is 1.09. The van der Waals surface area contributed by atoms with Crippen LogP contribution in [0, 0.1) is 13.8 Å². The van der Waals surface area contributed by atoms with E-state index in [9.17, 15) is 0 Å². The zero-order valence-electron chi connectivity index (χ0n) is 44.8. The molecule has 0 N–H and O–H groups in total. The number of fused-ring (bicyclic) bond motifs is 6. The molecule has 0 radical (unpaired) electrons. The molecule has 0 fully saturated rings. The Kier molecular flexibility index (Phi) is 12.4. The monoisotopic (exact) mass is 1020 g/mol. The van der Waals surface area contributed by atoms with Crippen LogP contribution in [0.1, 0.15) is 11.1 Å². The molecular weight excluding hydrogens is 965 g/mol. The van der Waals surface area contributed by atoms with Crippen LogP contribution in [0.15, 0.2) is 303 Å². The maximum Gasteiger partial charge on any atom is 0.0540 e. The van der Waals surface area contributed by atoms with Crippen molar-refractivity contribution in [3.8, 4) is 55.6 Å². The highest BCUT2D eigenvalue weighted by Crippen LogP contribution is 2.47. The van der Waals surface area contributed by atoms with E-state index in [0.29, 0.717) is 0 Å². The largest absolute Gasteiger partial charge is 0.310 e. The van der Waals surface area contributed by atoms with E-state index in [4.69, 9.17) is 0 Å². The molecule has 0 aromatic heterocycles. The van der Waals surface area contributed by atoms with E-state index < -0.39 is 0 Å². The van der Waals surface area contributed by atoms with Crippen molar-refractivity contribution in [3.63, 3.8) is 0 Å². The van der Waals surface area contributed by atoms with Crippen LogP contribution in [0.25, 0.3) is 98.7 Å². The quantitative estimate of drug-likeness (QED) is 0.119. The van der Waals surface area contributed by atoms with Crippen LogP contribution in [-0.2, 0) is 0 Å². The van der Waals surface area contributed by atoms with Gasteiger partial charge in [0.25, 0.3) is 0 Å². The SMILES string of the molecule is Cc1cc(-c2ccc(N(c3ccc(-c4cc5ccccc5c5ccccc45)cc3)c3ccccc3-c3ccccc3)c(C)c2)ccc1N(c1ccc(-c2cc3ccccc3c3ccccc23)cc1)c1ccccc1-c1ccccc1. The highest BCUT2D eigenvalue weighted by atomic mass is 15.2. The second-order valence-corrected chi connectivity index (χ2v) is 20.9. The Morgan fingerprint density at radius 1 is 0.200 bits per heavy atom. The Hall–Kier alpha value is -10.3. The van der Waals surface area contributed by atoms with Crippen molar-refractivity contribution in [2.75, 3.05) is 9.80 Å². The summed E-state index contributed by atoms with van der Waals surface area (Å²) in [6.07, 6.45) is 0. The van der Waals surface area contributed by atoms with Gasteiger partial charge in [-0.2, -0.15) is 0 Å². The maximum atomic E-state index is 2.44. The standard InChI is InChI=1S/C78H56N2/c1-53-49-59(41-47-75(53)79(77-35-19-17-29-67(77)55-21-5-3-6-22-55)63-43-37-57(38-44-63)73-51-61-25-9-11-27-65(61)69-31-13-15-33-71(69)73)60-42-48-76(54(2)50-60)80(78-36-20-18-30-68(78)56-23-7-4-8-24-56)64-45-39-58(40-46-64)74-52-62-26-10-12-28-66(62)70-32-14-16-34-72(70)74/h3-52H,1-2H3. The molecule has 0 heterocycles. The average molecular weight is 1020 g/mol. The Bertz CT molecular complexity index is 4300. The number of aryl methyl sites for hydroxylation is 2. The fourth-order valence-electron chi connectivity index (χ4n) is 12.2. The lowest BCUT2D eigenvalue weighted by Crippen LogP contribution is -2.13. The molecule has 14 aromatic rings. The van der Waals surface area contributed by atoms with Crippen molar-refractivity contribution in [1.29, 1.82) is 0 Å². The Morgan fingerprint density at radius 3 is 0.912 bits per heavy atom. The number of para-hydroxylation sites is 2. The zero-order chi connectivity index (χ0) is 53.5. The molecule has 0 atom stereocenters. The molecule has 0 aliphatic rings. The Morgan fingerprint density at radius 2 is 0.512 bits per heavy atom. The first-order valence-electron chi connectivity index (χ1n) is 27.7. The third-order valence-electron chi connectivity index (χ3n) is 16.1. The van der Waals surface area contributed by atoms with Crippen LogP contribution in [0.5, 0.6) is 0 Å². The molecule has 2 nitrogen and oxygen atoms in total. The van der Waals surface area contributed by atoms with E-state index in [2.05, 4.69) is 327 Å². The zero-order valence-corrected chi connectivity index (χ0v) is 44.8. The highest BCUT2D eigenvalue weighted by molar-refractivity contribution is 6.15. The molecular formula is C78H56N2. The van der Waals surface area contributed by atoms with Crippen molar-refractivity contribution in [3.05, 3.63) is 314 Å². The number of anilines is 6.